The molecule has 4 rings (SSSR count). The number of urea groups is 1. The molecule has 0 atom stereocenters. The average molecular weight is 507 g/mol. The largest absolute Gasteiger partial charge is 0.371 e. The highest BCUT2D eigenvalue weighted by atomic mass is 79.9. The van der Waals surface area contributed by atoms with E-state index in [2.05, 4.69) is 36.8 Å². The maximum atomic E-state index is 13.2. The van der Waals surface area contributed by atoms with Crippen molar-refractivity contribution in [1.82, 2.24) is 5.32 Å². The molecule has 0 unspecified atom stereocenters. The Morgan fingerprint density at radius 1 is 0.848 bits per heavy atom. The Morgan fingerprint density at radius 3 is 2.33 bits per heavy atom. The summed E-state index contributed by atoms with van der Waals surface area (Å²) in [6.45, 7) is 2.29. The Kier molecular flexibility index (Phi) is 7.62. The van der Waals surface area contributed by atoms with Crippen LogP contribution in [0.1, 0.15) is 35.2 Å². The molecule has 6 nitrogen and oxygen atoms in total. The number of hydrogen-bond acceptors (Lipinski definition) is 3. The zero-order valence-corrected chi connectivity index (χ0v) is 19.9. The Morgan fingerprint density at radius 2 is 1.58 bits per heavy atom. The van der Waals surface area contributed by atoms with Crippen LogP contribution >= 0.6 is 15.9 Å². The van der Waals surface area contributed by atoms with Crippen molar-refractivity contribution in [2.75, 3.05) is 28.6 Å². The Hall–Kier alpha value is -3.32. The van der Waals surface area contributed by atoms with E-state index in [9.17, 15) is 9.59 Å². The number of carbonyl (C=O) groups excluding carboxylic acids is 2. The fraction of sp³-hybridized carbons (Fsp3) is 0.231. The second kappa shape index (κ2) is 11.0. The molecule has 0 saturated carbocycles. The Balaban J connectivity index is 1.52. The lowest BCUT2D eigenvalue weighted by molar-refractivity contribution is 0.0951. The highest BCUT2D eigenvalue weighted by Gasteiger charge is 2.20. The minimum Gasteiger partial charge on any atom is -0.371 e. The second-order valence-electron chi connectivity index (χ2n) is 8.01. The molecule has 3 N–H and O–H groups in total. The zero-order valence-electron chi connectivity index (χ0n) is 18.3. The van der Waals surface area contributed by atoms with Gasteiger partial charge in [0.2, 0.25) is 0 Å². The summed E-state index contributed by atoms with van der Waals surface area (Å²) in [5.74, 6) is -0.158. The smallest absolute Gasteiger partial charge is 0.323 e. The number of nitrogens with one attached hydrogen (secondary N) is 3. The number of nitrogens with zero attached hydrogens (tertiary/aromatic N) is 1. The molecule has 1 saturated heterocycles. The molecule has 1 heterocycles. The van der Waals surface area contributed by atoms with Gasteiger partial charge in [-0.05, 0) is 71.1 Å². The lowest BCUT2D eigenvalue weighted by Crippen LogP contribution is -2.33. The zero-order chi connectivity index (χ0) is 23.0. The molecular formula is C26H27BrN4O2. The van der Waals surface area contributed by atoms with E-state index in [0.29, 0.717) is 23.5 Å². The fourth-order valence-corrected chi connectivity index (χ4v) is 4.31. The van der Waals surface area contributed by atoms with Gasteiger partial charge in [0, 0.05) is 35.5 Å². The summed E-state index contributed by atoms with van der Waals surface area (Å²) in [5.41, 5.74) is 3.72. The maximum Gasteiger partial charge on any atom is 0.323 e. The predicted molar refractivity (Wildman–Crippen MR) is 137 cm³/mol. The maximum absolute atomic E-state index is 13.2. The van der Waals surface area contributed by atoms with E-state index >= 15 is 0 Å². The van der Waals surface area contributed by atoms with Crippen molar-refractivity contribution >= 4 is 44.9 Å². The highest BCUT2D eigenvalue weighted by molar-refractivity contribution is 9.10. The lowest BCUT2D eigenvalue weighted by atomic mass is 10.1. The number of carbonyl (C=O) groups is 2. The topological polar surface area (TPSA) is 73.5 Å². The number of para-hydroxylation sites is 1. The van der Waals surface area contributed by atoms with E-state index in [1.54, 1.807) is 6.07 Å². The van der Waals surface area contributed by atoms with E-state index in [1.165, 1.54) is 6.42 Å². The van der Waals surface area contributed by atoms with Crippen LogP contribution in [0.5, 0.6) is 0 Å². The molecule has 1 aliphatic rings. The van der Waals surface area contributed by atoms with E-state index in [4.69, 9.17) is 0 Å². The van der Waals surface area contributed by atoms with Gasteiger partial charge in [0.15, 0.2) is 0 Å². The summed E-state index contributed by atoms with van der Waals surface area (Å²) < 4.78 is 0.793. The third-order valence-electron chi connectivity index (χ3n) is 5.61. The summed E-state index contributed by atoms with van der Waals surface area (Å²) >= 11 is 3.43. The quantitative estimate of drug-likeness (QED) is 0.383. The normalized spacial score (nSPS) is 13.3. The third-order valence-corrected chi connectivity index (χ3v) is 6.31. The minimum absolute atomic E-state index is 0.158. The number of halogens is 1. The number of anilines is 3. The van der Waals surface area contributed by atoms with Crippen molar-refractivity contribution in [1.29, 1.82) is 0 Å². The van der Waals surface area contributed by atoms with Crippen LogP contribution in [-0.4, -0.2) is 25.0 Å². The van der Waals surface area contributed by atoms with Gasteiger partial charge in [-0.2, -0.15) is 0 Å². The molecule has 0 aliphatic carbocycles. The molecule has 3 amide bonds. The first-order chi connectivity index (χ1) is 16.1. The summed E-state index contributed by atoms with van der Waals surface area (Å²) in [6, 6.07) is 22.4. The Labute approximate surface area is 202 Å². The molecule has 3 aromatic rings. The van der Waals surface area contributed by atoms with Crippen molar-refractivity contribution in [3.05, 3.63) is 88.4 Å². The van der Waals surface area contributed by atoms with Crippen LogP contribution in [0.4, 0.5) is 21.9 Å². The van der Waals surface area contributed by atoms with Crippen molar-refractivity contribution < 1.29 is 9.59 Å². The van der Waals surface area contributed by atoms with Gasteiger partial charge in [-0.15, -0.1) is 0 Å². The molecule has 7 heteroatoms. The average Bonchev–Trinajstić information content (AvgIpc) is 2.85. The summed E-state index contributed by atoms with van der Waals surface area (Å²) in [4.78, 5) is 28.0. The summed E-state index contributed by atoms with van der Waals surface area (Å²) in [7, 11) is 0. The number of rotatable bonds is 6. The fourth-order valence-electron chi connectivity index (χ4n) is 3.93. The summed E-state index contributed by atoms with van der Waals surface area (Å²) in [6.07, 6.45) is 3.43. The van der Waals surface area contributed by atoms with Crippen LogP contribution in [0.15, 0.2) is 77.3 Å². The number of benzene rings is 3. The van der Waals surface area contributed by atoms with E-state index in [-0.39, 0.29) is 11.9 Å². The van der Waals surface area contributed by atoms with Gasteiger partial charge < -0.3 is 20.9 Å². The van der Waals surface area contributed by atoms with Crippen molar-refractivity contribution in [2.24, 2.45) is 0 Å². The van der Waals surface area contributed by atoms with Crippen molar-refractivity contribution in [3.63, 3.8) is 0 Å². The van der Waals surface area contributed by atoms with Crippen LogP contribution in [-0.2, 0) is 6.54 Å². The molecule has 0 radical (unpaired) electrons. The van der Waals surface area contributed by atoms with Crippen LogP contribution in [0.3, 0.4) is 0 Å². The van der Waals surface area contributed by atoms with Crippen molar-refractivity contribution in [2.45, 2.75) is 25.8 Å². The van der Waals surface area contributed by atoms with E-state index in [1.807, 2.05) is 66.7 Å². The van der Waals surface area contributed by atoms with Gasteiger partial charge >= 0.3 is 6.03 Å². The first-order valence-corrected chi connectivity index (χ1v) is 11.9. The molecule has 170 valence electrons. The third kappa shape index (κ3) is 6.14. The standard InChI is InChI=1S/C26H27BrN4O2/c27-22-11-5-6-12-23(22)30-26(33)29-20-13-14-24(31-15-7-2-8-16-31)21(17-20)25(32)28-18-19-9-3-1-4-10-19/h1,3-6,9-14,17H,2,7-8,15-16,18H2,(H,28,32)(H2,29,30,33). The summed E-state index contributed by atoms with van der Waals surface area (Å²) in [5, 5.41) is 8.69. The molecule has 0 aromatic heterocycles. The van der Waals surface area contributed by atoms with Gasteiger partial charge in [-0.25, -0.2) is 4.79 Å². The van der Waals surface area contributed by atoms with Gasteiger partial charge in [-0.1, -0.05) is 42.5 Å². The van der Waals surface area contributed by atoms with Crippen LogP contribution in [0.2, 0.25) is 0 Å². The first kappa shape index (κ1) is 22.9. The van der Waals surface area contributed by atoms with Crippen molar-refractivity contribution in [3.8, 4) is 0 Å². The molecule has 0 bridgehead atoms. The lowest BCUT2D eigenvalue weighted by Gasteiger charge is -2.30. The molecule has 1 aliphatic heterocycles. The Bertz CT molecular complexity index is 1110. The molecule has 3 aromatic carbocycles. The van der Waals surface area contributed by atoms with E-state index < -0.39 is 0 Å². The minimum atomic E-state index is -0.372. The second-order valence-corrected chi connectivity index (χ2v) is 8.86. The predicted octanol–water partition coefficient (Wildman–Crippen LogP) is 6.01. The first-order valence-electron chi connectivity index (χ1n) is 11.1. The highest BCUT2D eigenvalue weighted by Crippen LogP contribution is 2.28. The molecular weight excluding hydrogens is 480 g/mol. The molecule has 1 fully saturated rings. The van der Waals surface area contributed by atoms with Crippen LogP contribution in [0, 0.1) is 0 Å². The van der Waals surface area contributed by atoms with Gasteiger partial charge in [0.25, 0.3) is 5.91 Å². The van der Waals surface area contributed by atoms with Gasteiger partial charge in [0.1, 0.15) is 0 Å². The van der Waals surface area contributed by atoms with Crippen LogP contribution < -0.4 is 20.9 Å². The van der Waals surface area contributed by atoms with Gasteiger partial charge in [-0.3, -0.25) is 4.79 Å². The SMILES string of the molecule is O=C(Nc1ccc(N2CCCCC2)c(C(=O)NCc2ccccc2)c1)Nc1ccccc1Br. The van der Waals surface area contributed by atoms with E-state index in [0.717, 1.165) is 41.7 Å². The van der Waals surface area contributed by atoms with Gasteiger partial charge in [0.05, 0.1) is 11.3 Å². The number of amides is 3. The molecule has 0 spiro atoms. The molecule has 33 heavy (non-hydrogen) atoms. The van der Waals surface area contributed by atoms with Crippen LogP contribution in [0.25, 0.3) is 0 Å². The number of hydrogen-bond donors (Lipinski definition) is 3. The number of piperidine rings is 1. The monoisotopic (exact) mass is 506 g/mol.